The van der Waals surface area contributed by atoms with Gasteiger partial charge < -0.3 is 5.32 Å². The molecule has 2 aliphatic rings. The van der Waals surface area contributed by atoms with Crippen molar-refractivity contribution in [2.24, 2.45) is 5.92 Å². The molecule has 1 saturated carbocycles. The molecule has 1 aromatic rings. The number of piperidine rings is 1. The average molecular weight is 279 g/mol. The maximum absolute atomic E-state index is 6.25. The zero-order valence-electron chi connectivity index (χ0n) is 11.4. The topological polar surface area (TPSA) is 15.3 Å². The molecule has 3 rings (SSSR count). The van der Waals surface area contributed by atoms with Gasteiger partial charge in [0.25, 0.3) is 0 Å². The molecule has 19 heavy (non-hydrogen) atoms. The highest BCUT2D eigenvalue weighted by Gasteiger charge is 2.24. The van der Waals surface area contributed by atoms with Crippen LogP contribution in [0.1, 0.15) is 31.2 Å². The Balaban J connectivity index is 1.51. The Morgan fingerprint density at radius 3 is 2.84 bits per heavy atom. The Bertz CT molecular complexity index is 417. The second-order valence-corrected chi connectivity index (χ2v) is 6.42. The number of benzene rings is 1. The molecule has 0 radical (unpaired) electrons. The fourth-order valence-electron chi connectivity index (χ4n) is 2.89. The maximum Gasteiger partial charge on any atom is 0.0451 e. The van der Waals surface area contributed by atoms with E-state index in [1.807, 2.05) is 12.1 Å². The van der Waals surface area contributed by atoms with E-state index < -0.39 is 0 Å². The monoisotopic (exact) mass is 278 g/mol. The number of likely N-dealkylation sites (tertiary alicyclic amines) is 1. The molecule has 0 spiro atoms. The van der Waals surface area contributed by atoms with Crippen molar-refractivity contribution in [3.63, 3.8) is 0 Å². The van der Waals surface area contributed by atoms with Crippen molar-refractivity contribution in [1.82, 2.24) is 10.2 Å². The van der Waals surface area contributed by atoms with E-state index in [0.717, 1.165) is 24.0 Å². The number of halogens is 1. The fraction of sp³-hybridized carbons (Fsp3) is 0.625. The lowest BCUT2D eigenvalue weighted by molar-refractivity contribution is 0.183. The van der Waals surface area contributed by atoms with Gasteiger partial charge in [-0.15, -0.1) is 0 Å². The zero-order chi connectivity index (χ0) is 13.1. The fourth-order valence-corrected chi connectivity index (χ4v) is 3.08. The van der Waals surface area contributed by atoms with Crippen molar-refractivity contribution in [2.45, 2.75) is 38.3 Å². The highest BCUT2D eigenvalue weighted by Crippen LogP contribution is 2.28. The van der Waals surface area contributed by atoms with E-state index in [-0.39, 0.29) is 0 Å². The summed E-state index contributed by atoms with van der Waals surface area (Å²) in [5, 5.41) is 4.64. The van der Waals surface area contributed by atoms with Crippen molar-refractivity contribution >= 4 is 11.6 Å². The molecule has 1 saturated heterocycles. The Morgan fingerprint density at radius 2 is 2.05 bits per heavy atom. The number of rotatable bonds is 5. The Kier molecular flexibility index (Phi) is 4.42. The van der Waals surface area contributed by atoms with Crippen LogP contribution in [0.2, 0.25) is 5.02 Å². The second kappa shape index (κ2) is 6.25. The second-order valence-electron chi connectivity index (χ2n) is 6.02. The van der Waals surface area contributed by atoms with Crippen molar-refractivity contribution in [3.05, 3.63) is 34.9 Å². The standard InChI is InChI=1S/C16H23ClN2/c17-16-6-2-1-4-14(16)11-19-9-3-5-15(12-19)18-10-13-7-8-13/h1-2,4,6,13,15,18H,3,5,7-12H2. The van der Waals surface area contributed by atoms with Crippen molar-refractivity contribution in [1.29, 1.82) is 0 Å². The van der Waals surface area contributed by atoms with Crippen molar-refractivity contribution in [3.8, 4) is 0 Å². The van der Waals surface area contributed by atoms with Gasteiger partial charge in [0.05, 0.1) is 0 Å². The van der Waals surface area contributed by atoms with Gasteiger partial charge in [0.2, 0.25) is 0 Å². The zero-order valence-corrected chi connectivity index (χ0v) is 12.2. The van der Waals surface area contributed by atoms with Gasteiger partial charge in [-0.2, -0.15) is 0 Å². The molecule has 1 unspecified atom stereocenters. The Morgan fingerprint density at radius 1 is 1.21 bits per heavy atom. The van der Waals surface area contributed by atoms with Gasteiger partial charge in [-0.25, -0.2) is 0 Å². The minimum absolute atomic E-state index is 0.678. The first-order valence-electron chi connectivity index (χ1n) is 7.50. The maximum atomic E-state index is 6.25. The summed E-state index contributed by atoms with van der Waals surface area (Å²) in [6.45, 7) is 4.58. The smallest absolute Gasteiger partial charge is 0.0451 e. The molecule has 104 valence electrons. The van der Waals surface area contributed by atoms with E-state index >= 15 is 0 Å². The Hall–Kier alpha value is -0.570. The first-order valence-corrected chi connectivity index (χ1v) is 7.88. The van der Waals surface area contributed by atoms with Crippen LogP contribution in [-0.4, -0.2) is 30.6 Å². The van der Waals surface area contributed by atoms with Crippen LogP contribution in [0.4, 0.5) is 0 Å². The lowest BCUT2D eigenvalue weighted by Crippen LogP contribution is -2.45. The molecular weight excluding hydrogens is 256 g/mol. The largest absolute Gasteiger partial charge is 0.312 e. The summed E-state index contributed by atoms with van der Waals surface area (Å²) in [5.41, 5.74) is 1.26. The molecule has 3 heteroatoms. The van der Waals surface area contributed by atoms with Crippen LogP contribution >= 0.6 is 11.6 Å². The van der Waals surface area contributed by atoms with E-state index in [4.69, 9.17) is 11.6 Å². The molecule has 1 aliphatic carbocycles. The highest BCUT2D eigenvalue weighted by atomic mass is 35.5. The van der Waals surface area contributed by atoms with Crippen LogP contribution in [0.3, 0.4) is 0 Å². The lowest BCUT2D eigenvalue weighted by Gasteiger charge is -2.33. The molecule has 0 aromatic heterocycles. The van der Waals surface area contributed by atoms with Crippen LogP contribution in [0, 0.1) is 5.92 Å². The predicted molar refractivity (Wildman–Crippen MR) is 80.5 cm³/mol. The summed E-state index contributed by atoms with van der Waals surface area (Å²) in [5.74, 6) is 0.971. The molecule has 1 aliphatic heterocycles. The molecule has 0 amide bonds. The first kappa shape index (κ1) is 13.4. The van der Waals surface area contributed by atoms with Gasteiger partial charge in [0.1, 0.15) is 0 Å². The van der Waals surface area contributed by atoms with Crippen LogP contribution < -0.4 is 5.32 Å². The molecule has 1 heterocycles. The molecule has 1 N–H and O–H groups in total. The van der Waals surface area contributed by atoms with Crippen LogP contribution in [0.15, 0.2) is 24.3 Å². The highest BCUT2D eigenvalue weighted by molar-refractivity contribution is 6.31. The van der Waals surface area contributed by atoms with E-state index in [1.54, 1.807) is 0 Å². The minimum atomic E-state index is 0.678. The normalized spacial score (nSPS) is 24.6. The van der Waals surface area contributed by atoms with Gasteiger partial charge in [0.15, 0.2) is 0 Å². The van der Waals surface area contributed by atoms with Gasteiger partial charge in [0, 0.05) is 24.2 Å². The van der Waals surface area contributed by atoms with E-state index in [0.29, 0.717) is 6.04 Å². The number of nitrogens with one attached hydrogen (secondary N) is 1. The van der Waals surface area contributed by atoms with Crippen LogP contribution in [0.25, 0.3) is 0 Å². The summed E-state index contributed by atoms with van der Waals surface area (Å²) in [4.78, 5) is 2.54. The van der Waals surface area contributed by atoms with Crippen LogP contribution in [-0.2, 0) is 6.54 Å². The van der Waals surface area contributed by atoms with E-state index in [9.17, 15) is 0 Å². The number of nitrogens with zero attached hydrogens (tertiary/aromatic N) is 1. The average Bonchev–Trinajstić information content (AvgIpc) is 3.24. The molecule has 1 atom stereocenters. The van der Waals surface area contributed by atoms with Crippen molar-refractivity contribution < 1.29 is 0 Å². The third-order valence-corrected chi connectivity index (χ3v) is 4.62. The number of hydrogen-bond acceptors (Lipinski definition) is 2. The number of hydrogen-bond donors (Lipinski definition) is 1. The molecule has 1 aromatic carbocycles. The van der Waals surface area contributed by atoms with E-state index in [1.165, 1.54) is 44.3 Å². The summed E-state index contributed by atoms with van der Waals surface area (Å²) < 4.78 is 0. The quantitative estimate of drug-likeness (QED) is 0.889. The molecule has 2 fully saturated rings. The van der Waals surface area contributed by atoms with Crippen LogP contribution in [0.5, 0.6) is 0 Å². The lowest BCUT2D eigenvalue weighted by atomic mass is 10.0. The first-order chi connectivity index (χ1) is 9.31. The minimum Gasteiger partial charge on any atom is -0.312 e. The van der Waals surface area contributed by atoms with Gasteiger partial charge in [-0.05, 0) is 56.3 Å². The summed E-state index contributed by atoms with van der Waals surface area (Å²) >= 11 is 6.25. The van der Waals surface area contributed by atoms with E-state index in [2.05, 4.69) is 22.3 Å². The van der Waals surface area contributed by atoms with Gasteiger partial charge in [-0.3, -0.25) is 4.90 Å². The SMILES string of the molecule is Clc1ccccc1CN1CCCC(NCC2CC2)C1. The summed E-state index contributed by atoms with van der Waals surface area (Å²) in [6.07, 6.45) is 5.49. The van der Waals surface area contributed by atoms with Crippen molar-refractivity contribution in [2.75, 3.05) is 19.6 Å². The molecule has 0 bridgehead atoms. The van der Waals surface area contributed by atoms with Gasteiger partial charge >= 0.3 is 0 Å². The molecular formula is C16H23ClN2. The third kappa shape index (κ3) is 3.95. The van der Waals surface area contributed by atoms with Gasteiger partial charge in [-0.1, -0.05) is 29.8 Å². The summed E-state index contributed by atoms with van der Waals surface area (Å²) in [6, 6.07) is 8.89. The third-order valence-electron chi connectivity index (χ3n) is 4.25. The predicted octanol–water partition coefficient (Wildman–Crippen LogP) is 3.30. The Labute approximate surface area is 121 Å². The molecule has 2 nitrogen and oxygen atoms in total. The summed E-state index contributed by atoms with van der Waals surface area (Å²) in [7, 11) is 0.